The maximum absolute atomic E-state index is 5.93. The molecule has 88 valence electrons. The van der Waals surface area contributed by atoms with Crippen LogP contribution >= 0.6 is 11.6 Å². The van der Waals surface area contributed by atoms with E-state index in [1.165, 1.54) is 12.8 Å². The van der Waals surface area contributed by atoms with Gasteiger partial charge in [-0.2, -0.15) is 0 Å². The van der Waals surface area contributed by atoms with Gasteiger partial charge in [-0.05, 0) is 37.9 Å². The molecule has 1 heterocycles. The first-order valence-corrected chi connectivity index (χ1v) is 6.09. The molecule has 1 aromatic heterocycles. The van der Waals surface area contributed by atoms with E-state index >= 15 is 0 Å². The minimum Gasteiger partial charge on any atom is -0.329 e. The van der Waals surface area contributed by atoms with Gasteiger partial charge < -0.3 is 5.73 Å². The summed E-state index contributed by atoms with van der Waals surface area (Å²) < 4.78 is 0. The predicted molar refractivity (Wildman–Crippen MR) is 66.3 cm³/mol. The molecule has 1 fully saturated rings. The Morgan fingerprint density at radius 3 is 2.94 bits per heavy atom. The van der Waals surface area contributed by atoms with E-state index in [0.29, 0.717) is 6.04 Å². The van der Waals surface area contributed by atoms with Crippen molar-refractivity contribution >= 4 is 11.6 Å². The lowest BCUT2D eigenvalue weighted by Gasteiger charge is -2.26. The van der Waals surface area contributed by atoms with Crippen molar-refractivity contribution in [3.8, 4) is 0 Å². The smallest absolute Gasteiger partial charge is 0.0558 e. The Bertz CT molecular complexity index is 352. The molecule has 1 aliphatic carbocycles. The zero-order chi connectivity index (χ0) is 11.5. The van der Waals surface area contributed by atoms with Gasteiger partial charge in [0.05, 0.1) is 5.69 Å². The fraction of sp³-hybridized carbons (Fsp3) is 0.583. The van der Waals surface area contributed by atoms with Gasteiger partial charge in [0.25, 0.3) is 0 Å². The van der Waals surface area contributed by atoms with E-state index in [-0.39, 0.29) is 0 Å². The summed E-state index contributed by atoms with van der Waals surface area (Å²) in [6.45, 7) is 1.54. The third kappa shape index (κ3) is 2.94. The molecule has 1 aliphatic rings. The van der Waals surface area contributed by atoms with Crippen LogP contribution in [0.3, 0.4) is 0 Å². The second kappa shape index (κ2) is 5.13. The van der Waals surface area contributed by atoms with Gasteiger partial charge >= 0.3 is 0 Å². The molecule has 4 heteroatoms. The van der Waals surface area contributed by atoms with Crippen molar-refractivity contribution in [1.29, 1.82) is 0 Å². The summed E-state index contributed by atoms with van der Waals surface area (Å²) in [4.78, 5) is 6.60. The maximum atomic E-state index is 5.93. The minimum absolute atomic E-state index is 0.487. The van der Waals surface area contributed by atoms with Crippen LogP contribution in [0.4, 0.5) is 0 Å². The maximum Gasteiger partial charge on any atom is 0.0558 e. The first kappa shape index (κ1) is 11.8. The molecular formula is C12H18ClN3. The van der Waals surface area contributed by atoms with Gasteiger partial charge in [-0.1, -0.05) is 11.6 Å². The fourth-order valence-electron chi connectivity index (χ4n) is 2.12. The van der Waals surface area contributed by atoms with E-state index < -0.39 is 0 Å². The lowest BCUT2D eigenvalue weighted by atomic mass is 10.1. The van der Waals surface area contributed by atoms with Crippen molar-refractivity contribution < 1.29 is 0 Å². The standard InChI is InChI=1S/C12H18ClN3/c1-16(12(7-14)9-2-3-9)8-11-6-10(13)4-5-15-11/h4-6,9,12H,2-3,7-8,14H2,1H3. The van der Waals surface area contributed by atoms with Gasteiger partial charge in [0.1, 0.15) is 0 Å². The molecule has 1 atom stereocenters. The van der Waals surface area contributed by atoms with Crippen LogP contribution < -0.4 is 5.73 Å². The third-order valence-electron chi connectivity index (χ3n) is 3.16. The molecule has 0 aromatic carbocycles. The molecule has 1 aromatic rings. The zero-order valence-electron chi connectivity index (χ0n) is 9.56. The highest BCUT2D eigenvalue weighted by molar-refractivity contribution is 6.30. The van der Waals surface area contributed by atoms with E-state index in [1.807, 2.05) is 6.07 Å². The van der Waals surface area contributed by atoms with Crippen molar-refractivity contribution in [2.45, 2.75) is 25.4 Å². The Morgan fingerprint density at radius 1 is 1.62 bits per heavy atom. The first-order valence-electron chi connectivity index (χ1n) is 5.71. The number of hydrogen-bond acceptors (Lipinski definition) is 3. The van der Waals surface area contributed by atoms with Crippen LogP contribution in [0.15, 0.2) is 18.3 Å². The van der Waals surface area contributed by atoms with Gasteiger partial charge in [0.15, 0.2) is 0 Å². The molecule has 0 spiro atoms. The van der Waals surface area contributed by atoms with E-state index in [2.05, 4.69) is 16.9 Å². The van der Waals surface area contributed by atoms with Crippen LogP contribution in [0.2, 0.25) is 5.02 Å². The van der Waals surface area contributed by atoms with Crippen molar-refractivity contribution in [3.63, 3.8) is 0 Å². The van der Waals surface area contributed by atoms with E-state index in [4.69, 9.17) is 17.3 Å². The molecule has 2 N–H and O–H groups in total. The Kier molecular flexibility index (Phi) is 3.79. The lowest BCUT2D eigenvalue weighted by molar-refractivity contribution is 0.213. The van der Waals surface area contributed by atoms with Gasteiger partial charge in [0.2, 0.25) is 0 Å². The highest BCUT2D eigenvalue weighted by Gasteiger charge is 2.32. The van der Waals surface area contributed by atoms with Crippen molar-refractivity contribution in [2.24, 2.45) is 11.7 Å². The molecule has 2 rings (SSSR count). The van der Waals surface area contributed by atoms with Gasteiger partial charge in [-0.3, -0.25) is 9.88 Å². The monoisotopic (exact) mass is 239 g/mol. The van der Waals surface area contributed by atoms with Gasteiger partial charge in [-0.15, -0.1) is 0 Å². The fourth-order valence-corrected chi connectivity index (χ4v) is 2.30. The average molecular weight is 240 g/mol. The minimum atomic E-state index is 0.487. The topological polar surface area (TPSA) is 42.2 Å². The molecule has 16 heavy (non-hydrogen) atoms. The SMILES string of the molecule is CN(Cc1cc(Cl)ccn1)C(CN)C1CC1. The molecule has 0 saturated heterocycles. The number of nitrogens with two attached hydrogens (primary N) is 1. The van der Waals surface area contributed by atoms with Crippen molar-refractivity contribution in [3.05, 3.63) is 29.0 Å². The second-order valence-electron chi connectivity index (χ2n) is 4.52. The van der Waals surface area contributed by atoms with Gasteiger partial charge in [-0.25, -0.2) is 0 Å². The number of nitrogens with zero attached hydrogens (tertiary/aromatic N) is 2. The second-order valence-corrected chi connectivity index (χ2v) is 4.96. The summed E-state index contributed by atoms with van der Waals surface area (Å²) in [7, 11) is 2.11. The Labute approximate surface area is 102 Å². The Hall–Kier alpha value is -0.640. The van der Waals surface area contributed by atoms with Crippen LogP contribution in [-0.4, -0.2) is 29.5 Å². The highest BCUT2D eigenvalue weighted by Crippen LogP contribution is 2.34. The Morgan fingerprint density at radius 2 is 2.38 bits per heavy atom. The summed E-state index contributed by atoms with van der Waals surface area (Å²) in [5.41, 5.74) is 6.82. The third-order valence-corrected chi connectivity index (χ3v) is 3.40. The largest absolute Gasteiger partial charge is 0.329 e. The van der Waals surface area contributed by atoms with Crippen molar-refractivity contribution in [1.82, 2.24) is 9.88 Å². The summed E-state index contributed by atoms with van der Waals surface area (Å²) in [5.74, 6) is 0.786. The van der Waals surface area contributed by atoms with Crippen LogP contribution in [0.1, 0.15) is 18.5 Å². The van der Waals surface area contributed by atoms with Crippen molar-refractivity contribution in [2.75, 3.05) is 13.6 Å². The molecule has 1 saturated carbocycles. The van der Waals surface area contributed by atoms with E-state index in [9.17, 15) is 0 Å². The number of hydrogen-bond donors (Lipinski definition) is 1. The number of likely N-dealkylation sites (N-methyl/N-ethyl adjacent to an activating group) is 1. The zero-order valence-corrected chi connectivity index (χ0v) is 10.3. The predicted octanol–water partition coefficient (Wildman–Crippen LogP) is 1.90. The summed E-state index contributed by atoms with van der Waals surface area (Å²) in [6, 6.07) is 4.20. The lowest BCUT2D eigenvalue weighted by Crippen LogP contribution is -2.39. The van der Waals surface area contributed by atoms with Crippen LogP contribution in [0.25, 0.3) is 0 Å². The normalized spacial score (nSPS) is 17.8. The number of aromatic nitrogens is 1. The summed E-state index contributed by atoms with van der Waals surface area (Å²) in [6.07, 6.45) is 4.38. The molecule has 1 unspecified atom stereocenters. The summed E-state index contributed by atoms with van der Waals surface area (Å²) in [5, 5.41) is 0.745. The van der Waals surface area contributed by atoms with E-state index in [1.54, 1.807) is 12.3 Å². The van der Waals surface area contributed by atoms with Gasteiger partial charge in [0, 0.05) is 30.4 Å². The molecule has 0 bridgehead atoms. The van der Waals surface area contributed by atoms with Crippen LogP contribution in [0.5, 0.6) is 0 Å². The summed E-state index contributed by atoms with van der Waals surface area (Å²) >= 11 is 5.93. The Balaban J connectivity index is 1.97. The van der Waals surface area contributed by atoms with E-state index in [0.717, 1.165) is 29.7 Å². The molecule has 0 amide bonds. The average Bonchev–Trinajstić information content (AvgIpc) is 3.03. The van der Waals surface area contributed by atoms with Crippen LogP contribution in [0, 0.1) is 5.92 Å². The molecule has 3 nitrogen and oxygen atoms in total. The molecule has 0 radical (unpaired) electrons. The number of pyridine rings is 1. The quantitative estimate of drug-likeness (QED) is 0.854. The highest BCUT2D eigenvalue weighted by atomic mass is 35.5. The first-order chi connectivity index (χ1) is 7.70. The van der Waals surface area contributed by atoms with Crippen LogP contribution in [-0.2, 0) is 6.54 Å². The molecular weight excluding hydrogens is 222 g/mol. The molecule has 0 aliphatic heterocycles. The number of rotatable bonds is 5. The number of halogens is 1.